The molecule has 35 heavy (non-hydrogen) atoms. The van der Waals surface area contributed by atoms with E-state index in [0.29, 0.717) is 31.2 Å². The van der Waals surface area contributed by atoms with E-state index in [-0.39, 0.29) is 10.6 Å². The van der Waals surface area contributed by atoms with E-state index in [9.17, 15) is 8.42 Å². The van der Waals surface area contributed by atoms with E-state index in [1.54, 1.807) is 4.68 Å². The molecule has 0 saturated heterocycles. The third kappa shape index (κ3) is 5.81. The minimum atomic E-state index is -4.03. The van der Waals surface area contributed by atoms with Crippen molar-refractivity contribution < 1.29 is 12.8 Å². The molecule has 9 nitrogen and oxygen atoms in total. The fourth-order valence-corrected chi connectivity index (χ4v) is 4.52. The Morgan fingerprint density at radius 1 is 1.09 bits per heavy atom. The Bertz CT molecular complexity index is 1480. The number of sulfonamides is 1. The molecule has 0 aliphatic carbocycles. The fraction of sp³-hybridized carbons (Fsp3) is 0.292. The lowest BCUT2D eigenvalue weighted by Gasteiger charge is -2.13. The van der Waals surface area contributed by atoms with Gasteiger partial charge >= 0.3 is 0 Å². The van der Waals surface area contributed by atoms with Crippen LogP contribution in [0.2, 0.25) is 0 Å². The van der Waals surface area contributed by atoms with Gasteiger partial charge in [0.1, 0.15) is 17.3 Å². The first-order valence-electron chi connectivity index (χ1n) is 11.0. The second-order valence-corrected chi connectivity index (χ2v) is 10.3. The van der Waals surface area contributed by atoms with Crippen molar-refractivity contribution in [2.24, 2.45) is 12.2 Å². The number of primary sulfonamides is 1. The number of halogens is 1. The molecule has 2 heterocycles. The van der Waals surface area contributed by atoms with E-state index in [4.69, 9.17) is 10.1 Å². The van der Waals surface area contributed by atoms with Crippen molar-refractivity contribution in [3.63, 3.8) is 0 Å². The summed E-state index contributed by atoms with van der Waals surface area (Å²) in [4.78, 5) is 6.47. The monoisotopic (exact) mass is 497 g/mol. The molecule has 184 valence electrons. The van der Waals surface area contributed by atoms with Crippen molar-refractivity contribution in [3.8, 4) is 5.69 Å². The molecule has 2 aromatic carbocycles. The predicted molar refractivity (Wildman–Crippen MR) is 130 cm³/mol. The minimum Gasteiger partial charge on any atom is -0.295 e. The van der Waals surface area contributed by atoms with Crippen molar-refractivity contribution in [2.45, 2.75) is 38.3 Å². The summed E-state index contributed by atoms with van der Waals surface area (Å²) >= 11 is 0. The SMILES string of the molecule is Cc1cccc(Cc2nc(CN(C)Cc3cn(C)nc3C)nn2-c2ccc(S(N)(=O)=O)cc2F)c1. The van der Waals surface area contributed by atoms with Gasteiger partial charge in [-0.3, -0.25) is 9.58 Å². The van der Waals surface area contributed by atoms with Crippen LogP contribution in [0.5, 0.6) is 0 Å². The largest absolute Gasteiger partial charge is 0.295 e. The van der Waals surface area contributed by atoms with Crippen molar-refractivity contribution in [2.75, 3.05) is 7.05 Å². The van der Waals surface area contributed by atoms with Crippen LogP contribution in [-0.4, -0.2) is 44.9 Å². The highest BCUT2D eigenvalue weighted by molar-refractivity contribution is 7.89. The van der Waals surface area contributed by atoms with Crippen molar-refractivity contribution >= 4 is 10.0 Å². The second kappa shape index (κ2) is 9.68. The summed E-state index contributed by atoms with van der Waals surface area (Å²) in [7, 11) is -0.194. The molecule has 0 aliphatic rings. The summed E-state index contributed by atoms with van der Waals surface area (Å²) < 4.78 is 41.5. The molecular formula is C24H28FN7O2S. The third-order valence-electron chi connectivity index (χ3n) is 5.61. The van der Waals surface area contributed by atoms with Crippen LogP contribution in [0.3, 0.4) is 0 Å². The van der Waals surface area contributed by atoms with Crippen LogP contribution in [0.4, 0.5) is 4.39 Å². The molecule has 0 aliphatic heterocycles. The van der Waals surface area contributed by atoms with E-state index < -0.39 is 15.8 Å². The van der Waals surface area contributed by atoms with Crippen LogP contribution in [0.15, 0.2) is 53.6 Å². The zero-order valence-corrected chi connectivity index (χ0v) is 20.9. The van der Waals surface area contributed by atoms with Gasteiger partial charge in [0.2, 0.25) is 10.0 Å². The van der Waals surface area contributed by atoms with Crippen molar-refractivity contribution in [1.82, 2.24) is 29.4 Å². The zero-order chi connectivity index (χ0) is 25.3. The molecule has 2 N–H and O–H groups in total. The highest BCUT2D eigenvalue weighted by atomic mass is 32.2. The van der Waals surface area contributed by atoms with Crippen LogP contribution < -0.4 is 5.14 Å². The van der Waals surface area contributed by atoms with E-state index in [1.165, 1.54) is 16.8 Å². The lowest BCUT2D eigenvalue weighted by Crippen LogP contribution is -2.18. The van der Waals surface area contributed by atoms with Gasteiger partial charge in [-0.2, -0.15) is 5.10 Å². The summed E-state index contributed by atoms with van der Waals surface area (Å²) in [6, 6.07) is 11.5. The first-order chi connectivity index (χ1) is 16.5. The highest BCUT2D eigenvalue weighted by Gasteiger charge is 2.19. The summed E-state index contributed by atoms with van der Waals surface area (Å²) in [5.74, 6) is 0.309. The summed E-state index contributed by atoms with van der Waals surface area (Å²) in [5.41, 5.74) is 4.26. The van der Waals surface area contributed by atoms with Gasteiger partial charge in [-0.25, -0.2) is 27.6 Å². The Hall–Kier alpha value is -3.41. The summed E-state index contributed by atoms with van der Waals surface area (Å²) in [6.07, 6.45) is 2.40. The molecule has 0 fully saturated rings. The number of hydrogen-bond donors (Lipinski definition) is 1. The normalized spacial score (nSPS) is 12.0. The summed E-state index contributed by atoms with van der Waals surface area (Å²) in [6.45, 7) is 5.04. The molecule has 0 amide bonds. The predicted octanol–water partition coefficient (Wildman–Crippen LogP) is 2.63. The molecular weight excluding hydrogens is 469 g/mol. The van der Waals surface area contributed by atoms with Gasteiger partial charge in [-0.1, -0.05) is 29.8 Å². The molecule has 4 rings (SSSR count). The van der Waals surface area contributed by atoms with Gasteiger partial charge in [-0.05, 0) is 44.7 Å². The maximum atomic E-state index is 15.0. The lowest BCUT2D eigenvalue weighted by atomic mass is 10.1. The first-order valence-corrected chi connectivity index (χ1v) is 12.5. The number of nitrogens with zero attached hydrogens (tertiary/aromatic N) is 6. The minimum absolute atomic E-state index is 0.101. The maximum Gasteiger partial charge on any atom is 0.238 e. The Morgan fingerprint density at radius 2 is 1.86 bits per heavy atom. The Labute approximate surface area is 204 Å². The second-order valence-electron chi connectivity index (χ2n) is 8.77. The molecule has 0 saturated carbocycles. The fourth-order valence-electron chi connectivity index (χ4n) is 4.00. The van der Waals surface area contributed by atoms with Gasteiger partial charge < -0.3 is 0 Å². The van der Waals surface area contributed by atoms with Crippen LogP contribution >= 0.6 is 0 Å². The lowest BCUT2D eigenvalue weighted by molar-refractivity contribution is 0.310. The number of aryl methyl sites for hydroxylation is 3. The third-order valence-corrected chi connectivity index (χ3v) is 6.52. The van der Waals surface area contributed by atoms with Crippen LogP contribution in [0, 0.1) is 19.7 Å². The molecule has 4 aromatic rings. The van der Waals surface area contributed by atoms with E-state index in [2.05, 4.69) is 15.1 Å². The first kappa shape index (κ1) is 24.7. The van der Waals surface area contributed by atoms with Gasteiger partial charge in [0.25, 0.3) is 0 Å². The van der Waals surface area contributed by atoms with Gasteiger partial charge in [0, 0.05) is 31.8 Å². The number of rotatable bonds is 8. The Morgan fingerprint density at radius 3 is 2.49 bits per heavy atom. The van der Waals surface area contributed by atoms with Gasteiger partial charge in [-0.15, -0.1) is 5.10 Å². The highest BCUT2D eigenvalue weighted by Crippen LogP contribution is 2.21. The quantitative estimate of drug-likeness (QED) is 0.401. The molecule has 2 aromatic heterocycles. The average molecular weight is 498 g/mol. The van der Waals surface area contributed by atoms with Gasteiger partial charge in [0.05, 0.1) is 17.1 Å². The van der Waals surface area contributed by atoms with Gasteiger partial charge in [0.15, 0.2) is 5.82 Å². The average Bonchev–Trinajstić information content (AvgIpc) is 3.28. The van der Waals surface area contributed by atoms with Crippen LogP contribution in [0.25, 0.3) is 5.69 Å². The molecule has 0 bridgehead atoms. The van der Waals surface area contributed by atoms with Crippen molar-refractivity contribution in [1.29, 1.82) is 0 Å². The number of aromatic nitrogens is 5. The van der Waals surface area contributed by atoms with E-state index in [1.807, 2.05) is 58.4 Å². The standard InChI is InChI=1S/C24H28FN7O2S/c1-16-6-5-7-18(10-16)11-24-27-23(15-30(3)13-19-14-31(4)28-17(19)2)29-32(24)22-9-8-20(12-21(22)25)35(26,33)34/h5-10,12,14H,11,13,15H2,1-4H3,(H2,26,33,34). The number of hydrogen-bond acceptors (Lipinski definition) is 6. The molecule has 0 spiro atoms. The Balaban J connectivity index is 1.68. The number of nitrogens with two attached hydrogens (primary N) is 1. The topological polar surface area (TPSA) is 112 Å². The molecule has 0 radical (unpaired) electrons. The molecule has 11 heteroatoms. The zero-order valence-electron chi connectivity index (χ0n) is 20.1. The Kier molecular flexibility index (Phi) is 6.84. The number of benzene rings is 2. The van der Waals surface area contributed by atoms with Crippen molar-refractivity contribution in [3.05, 3.63) is 88.5 Å². The van der Waals surface area contributed by atoms with Crippen LogP contribution in [0.1, 0.15) is 34.0 Å². The maximum absolute atomic E-state index is 15.0. The summed E-state index contributed by atoms with van der Waals surface area (Å²) in [5, 5.41) is 14.1. The van der Waals surface area contributed by atoms with E-state index >= 15 is 4.39 Å². The molecule has 0 atom stereocenters. The van der Waals surface area contributed by atoms with Crippen LogP contribution in [-0.2, 0) is 36.6 Å². The molecule has 0 unspecified atom stereocenters. The smallest absolute Gasteiger partial charge is 0.238 e. The van der Waals surface area contributed by atoms with E-state index in [0.717, 1.165) is 28.5 Å².